The second-order valence-electron chi connectivity index (χ2n) is 9.06. The number of benzene rings is 1. The molecular formula is C23H35O7P. The van der Waals surface area contributed by atoms with Crippen molar-refractivity contribution in [3.05, 3.63) is 35.9 Å². The molecule has 8 heteroatoms. The Labute approximate surface area is 184 Å². The lowest BCUT2D eigenvalue weighted by Gasteiger charge is -2.40. The summed E-state index contributed by atoms with van der Waals surface area (Å²) in [6.45, 7) is 2.32. The molecule has 0 bridgehead atoms. The van der Waals surface area contributed by atoms with Gasteiger partial charge in [-0.1, -0.05) is 50.1 Å². The average Bonchev–Trinajstić information content (AvgIpc) is 3.12. The molecule has 2 N–H and O–H groups in total. The Kier molecular flexibility index (Phi) is 7.54. The van der Waals surface area contributed by atoms with Gasteiger partial charge in [-0.25, -0.2) is 0 Å². The summed E-state index contributed by atoms with van der Waals surface area (Å²) >= 11 is 0. The van der Waals surface area contributed by atoms with Crippen molar-refractivity contribution in [1.29, 1.82) is 0 Å². The van der Waals surface area contributed by atoms with Gasteiger partial charge in [-0.05, 0) is 24.8 Å². The highest BCUT2D eigenvalue weighted by molar-refractivity contribution is 7.52. The highest BCUT2D eigenvalue weighted by Crippen LogP contribution is 2.51. The van der Waals surface area contributed by atoms with Crippen LogP contribution in [0.15, 0.2) is 30.3 Å². The Morgan fingerprint density at radius 2 is 1.84 bits per heavy atom. The lowest BCUT2D eigenvalue weighted by Crippen LogP contribution is -2.56. The van der Waals surface area contributed by atoms with Crippen molar-refractivity contribution >= 4 is 7.60 Å². The summed E-state index contributed by atoms with van der Waals surface area (Å²) in [6.07, 6.45) is 3.19. The Bertz CT molecular complexity index is 752. The average molecular weight is 455 g/mol. The van der Waals surface area contributed by atoms with E-state index >= 15 is 0 Å². The molecule has 1 aromatic rings. The molecule has 0 amide bonds. The summed E-state index contributed by atoms with van der Waals surface area (Å²) in [5, 5.41) is 10.9. The minimum absolute atomic E-state index is 0.105. The van der Waals surface area contributed by atoms with Gasteiger partial charge in [-0.2, -0.15) is 0 Å². The molecular weight excluding hydrogens is 419 g/mol. The van der Waals surface area contributed by atoms with Crippen LogP contribution in [0.1, 0.15) is 63.9 Å². The maximum Gasteiger partial charge on any atom is 0.328 e. The molecule has 1 unspecified atom stereocenters. The molecule has 3 fully saturated rings. The molecule has 2 aliphatic carbocycles. The van der Waals surface area contributed by atoms with E-state index in [9.17, 15) is 14.6 Å². The summed E-state index contributed by atoms with van der Waals surface area (Å²) in [5.41, 5.74) is 1.01. The van der Waals surface area contributed by atoms with E-state index in [2.05, 4.69) is 0 Å². The first-order chi connectivity index (χ1) is 14.9. The number of ether oxygens (including phenoxy) is 3. The van der Waals surface area contributed by atoms with Gasteiger partial charge in [0.05, 0.1) is 18.8 Å². The molecule has 1 saturated heterocycles. The number of hydrogen-bond acceptors (Lipinski definition) is 6. The van der Waals surface area contributed by atoms with Crippen LogP contribution in [0.2, 0.25) is 0 Å². The molecule has 1 aromatic carbocycles. The third kappa shape index (κ3) is 5.59. The van der Waals surface area contributed by atoms with Gasteiger partial charge >= 0.3 is 7.60 Å². The van der Waals surface area contributed by atoms with E-state index in [1.54, 1.807) is 0 Å². The van der Waals surface area contributed by atoms with Crippen LogP contribution in [0.5, 0.6) is 0 Å². The fraction of sp³-hybridized carbons (Fsp3) is 0.739. The van der Waals surface area contributed by atoms with Crippen molar-refractivity contribution in [2.24, 2.45) is 0 Å². The van der Waals surface area contributed by atoms with Crippen molar-refractivity contribution in [1.82, 2.24) is 0 Å². The zero-order chi connectivity index (χ0) is 21.9. The van der Waals surface area contributed by atoms with Gasteiger partial charge < -0.3 is 28.7 Å². The summed E-state index contributed by atoms with van der Waals surface area (Å²) in [4.78, 5) is 10.3. The van der Waals surface area contributed by atoms with Crippen molar-refractivity contribution in [2.75, 3.05) is 6.16 Å². The van der Waals surface area contributed by atoms with E-state index < -0.39 is 43.9 Å². The normalized spacial score (nSPS) is 34.4. The standard InChI is InChI=1S/C23H35O7P/c1-2-3-14-31(25,26)30-19-15-18(24)20(27-16-17-10-6-4-7-11-17)22-21(19)28-23(29-22)12-8-5-9-13-23/h4,6-7,10-11,18-22,24H,2-3,5,8-9,12-16H2,1H3,(H,25,26)/t18-,19+,20+,21+,22-/m1/s1. The first-order valence-electron chi connectivity index (χ1n) is 11.6. The summed E-state index contributed by atoms with van der Waals surface area (Å²) in [7, 11) is -3.78. The van der Waals surface area contributed by atoms with Crippen LogP contribution in [0.25, 0.3) is 0 Å². The molecule has 4 rings (SSSR count). The third-order valence-corrected chi connectivity index (χ3v) is 8.05. The lowest BCUT2D eigenvalue weighted by atomic mass is 9.87. The second kappa shape index (κ2) is 10.0. The number of unbranched alkanes of at least 4 members (excludes halogenated alkanes) is 1. The maximum atomic E-state index is 12.6. The topological polar surface area (TPSA) is 94.5 Å². The summed E-state index contributed by atoms with van der Waals surface area (Å²) in [5.74, 6) is -0.712. The molecule has 7 nitrogen and oxygen atoms in total. The number of aliphatic hydroxyl groups is 1. The highest BCUT2D eigenvalue weighted by atomic mass is 31.2. The van der Waals surface area contributed by atoms with Crippen LogP contribution in [0.3, 0.4) is 0 Å². The largest absolute Gasteiger partial charge is 0.390 e. The maximum absolute atomic E-state index is 12.6. The molecule has 174 valence electrons. The minimum Gasteiger partial charge on any atom is -0.390 e. The molecule has 0 radical (unpaired) electrons. The monoisotopic (exact) mass is 454 g/mol. The van der Waals surface area contributed by atoms with Crippen molar-refractivity contribution in [3.63, 3.8) is 0 Å². The van der Waals surface area contributed by atoms with E-state index in [0.717, 1.165) is 44.1 Å². The zero-order valence-electron chi connectivity index (χ0n) is 18.2. The number of hydrogen-bond donors (Lipinski definition) is 2. The van der Waals surface area contributed by atoms with Gasteiger partial charge in [0.1, 0.15) is 18.3 Å². The zero-order valence-corrected chi connectivity index (χ0v) is 19.1. The van der Waals surface area contributed by atoms with Crippen LogP contribution in [-0.2, 0) is 29.9 Å². The highest BCUT2D eigenvalue weighted by Gasteiger charge is 2.58. The molecule has 1 aliphatic heterocycles. The molecule has 2 saturated carbocycles. The first kappa shape index (κ1) is 23.4. The third-order valence-electron chi connectivity index (χ3n) is 6.56. The van der Waals surface area contributed by atoms with E-state index in [0.29, 0.717) is 13.0 Å². The van der Waals surface area contributed by atoms with Crippen molar-refractivity contribution in [3.8, 4) is 0 Å². The minimum atomic E-state index is -3.78. The number of fused-ring (bicyclic) bond motifs is 1. The first-order valence-corrected chi connectivity index (χ1v) is 13.4. The predicted molar refractivity (Wildman–Crippen MR) is 116 cm³/mol. The fourth-order valence-electron chi connectivity index (χ4n) is 4.95. The van der Waals surface area contributed by atoms with Gasteiger partial charge in [-0.3, -0.25) is 4.57 Å². The smallest absolute Gasteiger partial charge is 0.328 e. The van der Waals surface area contributed by atoms with Gasteiger partial charge in [0.25, 0.3) is 0 Å². The lowest BCUT2D eigenvalue weighted by molar-refractivity contribution is -0.206. The van der Waals surface area contributed by atoms with Crippen LogP contribution in [0.4, 0.5) is 0 Å². The van der Waals surface area contributed by atoms with Crippen LogP contribution in [0, 0.1) is 0 Å². The van der Waals surface area contributed by atoms with Gasteiger partial charge in [0.15, 0.2) is 5.79 Å². The fourth-order valence-corrected chi connectivity index (χ4v) is 6.40. The summed E-state index contributed by atoms with van der Waals surface area (Å²) < 4.78 is 37.3. The van der Waals surface area contributed by atoms with Crippen LogP contribution < -0.4 is 0 Å². The number of aliphatic hydroxyl groups excluding tert-OH is 1. The Morgan fingerprint density at radius 3 is 2.55 bits per heavy atom. The van der Waals surface area contributed by atoms with E-state index in [1.807, 2.05) is 37.3 Å². The second-order valence-corrected chi connectivity index (χ2v) is 11.0. The van der Waals surface area contributed by atoms with Crippen LogP contribution >= 0.6 is 7.60 Å². The van der Waals surface area contributed by atoms with Gasteiger partial charge in [-0.15, -0.1) is 0 Å². The summed E-state index contributed by atoms with van der Waals surface area (Å²) in [6, 6.07) is 9.79. The van der Waals surface area contributed by atoms with Crippen molar-refractivity contribution in [2.45, 2.75) is 101 Å². The quantitative estimate of drug-likeness (QED) is 0.570. The van der Waals surface area contributed by atoms with Crippen LogP contribution in [-0.4, -0.2) is 52.5 Å². The Morgan fingerprint density at radius 1 is 1.13 bits per heavy atom. The molecule has 6 atom stereocenters. The Balaban J connectivity index is 1.51. The molecule has 3 aliphatic rings. The molecule has 1 heterocycles. The Hall–Kier alpha value is -0.790. The number of rotatable bonds is 8. The van der Waals surface area contributed by atoms with Gasteiger partial charge in [0.2, 0.25) is 0 Å². The molecule has 1 spiro atoms. The van der Waals surface area contributed by atoms with E-state index in [-0.39, 0.29) is 12.6 Å². The SMILES string of the molecule is CCCCP(=O)(O)O[C@H]1C[C@@H](O)[C@H](OCc2ccccc2)[C@H]2OC3(CCCCC3)O[C@H]21. The van der Waals surface area contributed by atoms with Crippen molar-refractivity contribution < 1.29 is 33.3 Å². The molecule has 31 heavy (non-hydrogen) atoms. The molecule has 0 aromatic heterocycles. The van der Waals surface area contributed by atoms with E-state index in [1.165, 1.54) is 0 Å². The van der Waals surface area contributed by atoms with E-state index in [4.69, 9.17) is 18.7 Å². The van der Waals surface area contributed by atoms with Gasteiger partial charge in [0, 0.05) is 25.4 Å². The predicted octanol–water partition coefficient (Wildman–Crippen LogP) is 4.15.